The van der Waals surface area contributed by atoms with Crippen LogP contribution in [0.3, 0.4) is 0 Å². The maximum Gasteiger partial charge on any atom is 0.129 e. The fraction of sp³-hybridized carbons (Fsp3) is 0.706. The average molecular weight is 275 g/mol. The number of nitrogens with zero attached hydrogens (tertiary/aromatic N) is 2. The van der Waals surface area contributed by atoms with Gasteiger partial charge in [0.1, 0.15) is 5.82 Å². The van der Waals surface area contributed by atoms with Crippen molar-refractivity contribution in [3.63, 3.8) is 0 Å². The Morgan fingerprint density at radius 3 is 2.70 bits per heavy atom. The third kappa shape index (κ3) is 3.51. The predicted molar refractivity (Wildman–Crippen MR) is 86.3 cm³/mol. The van der Waals surface area contributed by atoms with Gasteiger partial charge in [0.2, 0.25) is 0 Å². The van der Waals surface area contributed by atoms with Crippen LogP contribution in [0.1, 0.15) is 57.7 Å². The molecule has 0 amide bonds. The monoisotopic (exact) mass is 275 g/mol. The Morgan fingerprint density at radius 2 is 2.05 bits per heavy atom. The third-order valence-corrected chi connectivity index (χ3v) is 4.28. The molecule has 2 rings (SSSR count). The minimum atomic E-state index is 0.475. The molecule has 1 aliphatic rings. The lowest BCUT2D eigenvalue weighted by Gasteiger charge is -2.38. The first-order valence-electron chi connectivity index (χ1n) is 7.93. The zero-order valence-corrected chi connectivity index (χ0v) is 13.6. The van der Waals surface area contributed by atoms with E-state index in [4.69, 9.17) is 4.98 Å². The molecule has 0 radical (unpaired) electrons. The van der Waals surface area contributed by atoms with Gasteiger partial charge in [-0.25, -0.2) is 4.98 Å². The van der Waals surface area contributed by atoms with Crippen molar-refractivity contribution in [2.75, 3.05) is 18.5 Å². The van der Waals surface area contributed by atoms with E-state index in [-0.39, 0.29) is 0 Å². The van der Waals surface area contributed by atoms with Crippen molar-refractivity contribution in [3.05, 3.63) is 23.4 Å². The molecular weight excluding hydrogens is 246 g/mol. The van der Waals surface area contributed by atoms with E-state index in [9.17, 15) is 0 Å². The first kappa shape index (κ1) is 15.3. The molecule has 2 atom stereocenters. The Bertz CT molecular complexity index is 442. The zero-order valence-electron chi connectivity index (χ0n) is 13.6. The van der Waals surface area contributed by atoms with Gasteiger partial charge in [-0.15, -0.1) is 0 Å². The summed E-state index contributed by atoms with van der Waals surface area (Å²) in [7, 11) is 2.00. The normalized spacial score (nSPS) is 23.4. The summed E-state index contributed by atoms with van der Waals surface area (Å²) in [5, 5.41) is 3.25. The molecule has 0 aliphatic carbocycles. The van der Waals surface area contributed by atoms with Gasteiger partial charge in [-0.1, -0.05) is 20.8 Å². The Kier molecular flexibility index (Phi) is 5.03. The molecule has 2 heterocycles. The van der Waals surface area contributed by atoms with Crippen LogP contribution in [0.4, 0.5) is 5.82 Å². The van der Waals surface area contributed by atoms with Crippen LogP contribution in [-0.2, 0) is 6.54 Å². The van der Waals surface area contributed by atoms with Crippen molar-refractivity contribution in [3.8, 4) is 0 Å². The smallest absolute Gasteiger partial charge is 0.129 e. The van der Waals surface area contributed by atoms with E-state index >= 15 is 0 Å². The number of aromatic nitrogens is 1. The highest BCUT2D eigenvalue weighted by Crippen LogP contribution is 2.28. The van der Waals surface area contributed by atoms with Crippen molar-refractivity contribution in [1.29, 1.82) is 0 Å². The number of nitrogens with one attached hydrogen (secondary N) is 1. The molecule has 1 fully saturated rings. The van der Waals surface area contributed by atoms with E-state index in [2.05, 4.69) is 50.0 Å². The molecule has 0 spiro atoms. The summed E-state index contributed by atoms with van der Waals surface area (Å²) < 4.78 is 0. The van der Waals surface area contributed by atoms with Gasteiger partial charge in [-0.2, -0.15) is 0 Å². The quantitative estimate of drug-likeness (QED) is 0.911. The predicted octanol–water partition coefficient (Wildman–Crippen LogP) is 3.55. The first-order chi connectivity index (χ1) is 9.51. The summed E-state index contributed by atoms with van der Waals surface area (Å²) in [6.45, 7) is 11.2. The molecule has 20 heavy (non-hydrogen) atoms. The molecule has 0 aromatic carbocycles. The largest absolute Gasteiger partial charge is 0.354 e. The van der Waals surface area contributed by atoms with Gasteiger partial charge in [-0.05, 0) is 56.3 Å². The summed E-state index contributed by atoms with van der Waals surface area (Å²) in [6.07, 6.45) is 2.61. The molecule has 1 aromatic heterocycles. The van der Waals surface area contributed by atoms with Crippen molar-refractivity contribution in [2.45, 2.75) is 59.0 Å². The van der Waals surface area contributed by atoms with Crippen molar-refractivity contribution >= 4 is 5.82 Å². The fourth-order valence-electron chi connectivity index (χ4n) is 2.95. The number of pyridine rings is 1. The summed E-state index contributed by atoms with van der Waals surface area (Å²) in [6, 6.07) is 5.10. The van der Waals surface area contributed by atoms with Crippen molar-refractivity contribution < 1.29 is 0 Å². The Balaban J connectivity index is 2.33. The Labute approximate surface area is 123 Å². The second-order valence-corrected chi connectivity index (χ2v) is 6.63. The molecule has 3 nitrogen and oxygen atoms in total. The van der Waals surface area contributed by atoms with Crippen molar-refractivity contribution in [1.82, 2.24) is 10.3 Å². The minimum Gasteiger partial charge on any atom is -0.354 e. The van der Waals surface area contributed by atoms with Crippen LogP contribution in [-0.4, -0.2) is 24.6 Å². The third-order valence-electron chi connectivity index (χ3n) is 4.28. The molecule has 1 saturated heterocycles. The van der Waals surface area contributed by atoms with Crippen LogP contribution < -0.4 is 10.2 Å². The molecule has 3 heteroatoms. The number of hydrogen-bond donors (Lipinski definition) is 1. The molecular formula is C17H29N3. The molecule has 1 aliphatic heterocycles. The standard InChI is InChI=1S/C17H29N3/c1-12(2)16-8-15(10-18-5)9-17(19-16)20-11-13(3)6-7-14(20)4/h8-9,12-14,18H,6-7,10-11H2,1-5H3. The molecule has 112 valence electrons. The first-order valence-corrected chi connectivity index (χ1v) is 7.93. The lowest BCUT2D eigenvalue weighted by atomic mass is 9.95. The SMILES string of the molecule is CNCc1cc(C(C)C)nc(N2CC(C)CCC2C)c1. The minimum absolute atomic E-state index is 0.475. The van der Waals surface area contributed by atoms with Gasteiger partial charge in [0.15, 0.2) is 0 Å². The van der Waals surface area contributed by atoms with E-state index in [1.165, 1.54) is 29.9 Å². The molecule has 1 N–H and O–H groups in total. The molecule has 2 unspecified atom stereocenters. The van der Waals surface area contributed by atoms with E-state index in [0.29, 0.717) is 12.0 Å². The lowest BCUT2D eigenvalue weighted by Crippen LogP contribution is -2.41. The van der Waals surface area contributed by atoms with E-state index in [1.807, 2.05) is 7.05 Å². The summed E-state index contributed by atoms with van der Waals surface area (Å²) in [5.74, 6) is 2.41. The Morgan fingerprint density at radius 1 is 1.30 bits per heavy atom. The van der Waals surface area contributed by atoms with Gasteiger partial charge >= 0.3 is 0 Å². The Hall–Kier alpha value is -1.09. The van der Waals surface area contributed by atoms with Gasteiger partial charge in [0.25, 0.3) is 0 Å². The van der Waals surface area contributed by atoms with Gasteiger partial charge < -0.3 is 10.2 Å². The maximum absolute atomic E-state index is 4.92. The highest BCUT2D eigenvalue weighted by Gasteiger charge is 2.24. The highest BCUT2D eigenvalue weighted by molar-refractivity contribution is 5.45. The van der Waals surface area contributed by atoms with Crippen LogP contribution in [0, 0.1) is 5.92 Å². The van der Waals surface area contributed by atoms with Gasteiger partial charge in [-0.3, -0.25) is 0 Å². The second-order valence-electron chi connectivity index (χ2n) is 6.63. The van der Waals surface area contributed by atoms with Gasteiger partial charge in [0, 0.05) is 24.8 Å². The summed E-state index contributed by atoms with van der Waals surface area (Å²) in [5.41, 5.74) is 2.55. The average Bonchev–Trinajstić information content (AvgIpc) is 2.41. The van der Waals surface area contributed by atoms with Crippen molar-refractivity contribution in [2.24, 2.45) is 5.92 Å². The highest BCUT2D eigenvalue weighted by atomic mass is 15.2. The number of anilines is 1. The number of hydrogen-bond acceptors (Lipinski definition) is 3. The second kappa shape index (κ2) is 6.57. The molecule has 1 aromatic rings. The lowest BCUT2D eigenvalue weighted by molar-refractivity contribution is 0.387. The van der Waals surface area contributed by atoms with Crippen LogP contribution in [0.2, 0.25) is 0 Å². The molecule has 0 saturated carbocycles. The van der Waals surface area contributed by atoms with Crippen LogP contribution in [0.5, 0.6) is 0 Å². The van der Waals surface area contributed by atoms with E-state index in [0.717, 1.165) is 19.0 Å². The maximum atomic E-state index is 4.92. The zero-order chi connectivity index (χ0) is 14.7. The van der Waals surface area contributed by atoms with Crippen LogP contribution in [0.15, 0.2) is 12.1 Å². The number of rotatable bonds is 4. The summed E-state index contributed by atoms with van der Waals surface area (Å²) in [4.78, 5) is 7.42. The van der Waals surface area contributed by atoms with E-state index < -0.39 is 0 Å². The van der Waals surface area contributed by atoms with E-state index in [1.54, 1.807) is 0 Å². The fourth-order valence-corrected chi connectivity index (χ4v) is 2.95. The van der Waals surface area contributed by atoms with Gasteiger partial charge in [0.05, 0.1) is 0 Å². The number of piperidine rings is 1. The molecule has 0 bridgehead atoms. The van der Waals surface area contributed by atoms with Crippen LogP contribution in [0.25, 0.3) is 0 Å². The topological polar surface area (TPSA) is 28.2 Å². The summed E-state index contributed by atoms with van der Waals surface area (Å²) >= 11 is 0. The van der Waals surface area contributed by atoms with Crippen LogP contribution >= 0.6 is 0 Å².